The Labute approximate surface area is 167 Å². The number of amides is 3. The van der Waals surface area contributed by atoms with Crippen molar-refractivity contribution in [2.75, 3.05) is 20.2 Å². The Morgan fingerprint density at radius 1 is 1.11 bits per heavy atom. The third kappa shape index (κ3) is 5.01. The molecule has 0 aromatic heterocycles. The highest BCUT2D eigenvalue weighted by atomic mass is 32.2. The van der Waals surface area contributed by atoms with E-state index in [-0.39, 0.29) is 36.6 Å². The summed E-state index contributed by atoms with van der Waals surface area (Å²) >= 11 is 0.903. The minimum Gasteiger partial charge on any atom is -0.497 e. The number of hydrogen-bond donors (Lipinski definition) is 1. The van der Waals surface area contributed by atoms with E-state index in [4.69, 9.17) is 4.74 Å². The van der Waals surface area contributed by atoms with Crippen LogP contribution in [0.3, 0.4) is 0 Å². The zero-order chi connectivity index (χ0) is 19.9. The van der Waals surface area contributed by atoms with Gasteiger partial charge in [0.05, 0.1) is 18.4 Å². The summed E-state index contributed by atoms with van der Waals surface area (Å²) < 4.78 is 5.11. The van der Waals surface area contributed by atoms with Gasteiger partial charge in [0.25, 0.3) is 11.1 Å². The van der Waals surface area contributed by atoms with E-state index < -0.39 is 0 Å². The van der Waals surface area contributed by atoms with Crippen LogP contribution in [-0.2, 0) is 16.0 Å². The number of ether oxygens (including phenoxy) is 1. The molecular formula is C21H20N2O4S. The molecule has 0 aliphatic carbocycles. The number of rotatable bonds is 7. The van der Waals surface area contributed by atoms with E-state index in [1.54, 1.807) is 25.3 Å². The molecule has 1 aliphatic rings. The molecule has 2 aromatic rings. The van der Waals surface area contributed by atoms with Crippen LogP contribution in [0.2, 0.25) is 0 Å². The van der Waals surface area contributed by atoms with Gasteiger partial charge in [0.15, 0.2) is 0 Å². The van der Waals surface area contributed by atoms with Gasteiger partial charge in [0.2, 0.25) is 5.91 Å². The quantitative estimate of drug-likeness (QED) is 0.728. The largest absolute Gasteiger partial charge is 0.497 e. The summed E-state index contributed by atoms with van der Waals surface area (Å²) in [6.45, 7) is 0.366. The molecule has 0 atom stereocenters. The second kappa shape index (κ2) is 9.23. The van der Waals surface area contributed by atoms with Crippen LogP contribution in [0.1, 0.15) is 11.1 Å². The molecule has 0 bridgehead atoms. The molecule has 144 valence electrons. The Kier molecular flexibility index (Phi) is 6.49. The number of benzene rings is 2. The van der Waals surface area contributed by atoms with Gasteiger partial charge in [-0.2, -0.15) is 0 Å². The van der Waals surface area contributed by atoms with E-state index in [2.05, 4.69) is 5.32 Å². The molecule has 1 heterocycles. The molecule has 1 fully saturated rings. The number of carbonyl (C=O) groups excluding carboxylic acids is 3. The van der Waals surface area contributed by atoms with Gasteiger partial charge in [0, 0.05) is 13.1 Å². The summed E-state index contributed by atoms with van der Waals surface area (Å²) in [4.78, 5) is 38.1. The van der Waals surface area contributed by atoms with Gasteiger partial charge >= 0.3 is 0 Å². The van der Waals surface area contributed by atoms with E-state index in [0.29, 0.717) is 4.91 Å². The lowest BCUT2D eigenvalue weighted by Gasteiger charge is -2.13. The number of methoxy groups -OCH3 is 1. The van der Waals surface area contributed by atoms with Gasteiger partial charge in [-0.3, -0.25) is 19.3 Å². The summed E-state index contributed by atoms with van der Waals surface area (Å²) in [6.07, 6.45) is 1.94. The first-order chi connectivity index (χ1) is 13.6. The van der Waals surface area contributed by atoms with E-state index in [1.807, 2.05) is 42.5 Å². The molecule has 0 unspecified atom stereocenters. The number of nitrogens with one attached hydrogen (secondary N) is 1. The third-order valence-corrected chi connectivity index (χ3v) is 5.06. The van der Waals surface area contributed by atoms with Gasteiger partial charge in [-0.1, -0.05) is 42.5 Å². The fourth-order valence-corrected chi connectivity index (χ4v) is 3.56. The lowest BCUT2D eigenvalue weighted by Crippen LogP contribution is -2.37. The van der Waals surface area contributed by atoms with Crippen LogP contribution in [0.5, 0.6) is 5.75 Å². The molecule has 1 N–H and O–H groups in total. The van der Waals surface area contributed by atoms with E-state index in [1.165, 1.54) is 0 Å². The molecule has 2 aromatic carbocycles. The topological polar surface area (TPSA) is 75.7 Å². The van der Waals surface area contributed by atoms with Crippen LogP contribution in [0, 0.1) is 0 Å². The van der Waals surface area contributed by atoms with Crippen molar-refractivity contribution < 1.29 is 19.1 Å². The SMILES string of the molecule is COc1ccc(/C=C2\SC(=O)N(CCNC(=O)Cc3ccccc3)C2=O)cc1. The Morgan fingerprint density at radius 2 is 1.82 bits per heavy atom. The highest BCUT2D eigenvalue weighted by Gasteiger charge is 2.34. The summed E-state index contributed by atoms with van der Waals surface area (Å²) in [6, 6.07) is 16.6. The lowest BCUT2D eigenvalue weighted by atomic mass is 10.1. The zero-order valence-corrected chi connectivity index (χ0v) is 16.2. The third-order valence-electron chi connectivity index (χ3n) is 4.15. The maximum absolute atomic E-state index is 12.5. The molecule has 28 heavy (non-hydrogen) atoms. The average Bonchev–Trinajstić information content (AvgIpc) is 2.96. The van der Waals surface area contributed by atoms with Crippen molar-refractivity contribution in [3.05, 3.63) is 70.6 Å². The van der Waals surface area contributed by atoms with Gasteiger partial charge in [-0.05, 0) is 41.1 Å². The fourth-order valence-electron chi connectivity index (χ4n) is 2.70. The van der Waals surface area contributed by atoms with Crippen LogP contribution in [0.15, 0.2) is 59.5 Å². The second-order valence-electron chi connectivity index (χ2n) is 6.12. The lowest BCUT2D eigenvalue weighted by molar-refractivity contribution is -0.124. The zero-order valence-electron chi connectivity index (χ0n) is 15.4. The molecule has 0 saturated carbocycles. The summed E-state index contributed by atoms with van der Waals surface area (Å²) in [5.74, 6) is 0.228. The Morgan fingerprint density at radius 3 is 2.50 bits per heavy atom. The summed E-state index contributed by atoms with van der Waals surface area (Å²) in [5.41, 5.74) is 1.72. The van der Waals surface area contributed by atoms with Crippen molar-refractivity contribution >= 4 is 34.9 Å². The molecule has 1 saturated heterocycles. The van der Waals surface area contributed by atoms with E-state index in [0.717, 1.165) is 33.5 Å². The highest BCUT2D eigenvalue weighted by Crippen LogP contribution is 2.32. The highest BCUT2D eigenvalue weighted by molar-refractivity contribution is 8.18. The first-order valence-electron chi connectivity index (χ1n) is 8.77. The molecule has 3 rings (SSSR count). The minimum absolute atomic E-state index is 0.144. The maximum Gasteiger partial charge on any atom is 0.293 e. The summed E-state index contributed by atoms with van der Waals surface area (Å²) in [5, 5.41) is 2.42. The monoisotopic (exact) mass is 396 g/mol. The fraction of sp³-hybridized carbons (Fsp3) is 0.190. The van der Waals surface area contributed by atoms with Crippen LogP contribution < -0.4 is 10.1 Å². The van der Waals surface area contributed by atoms with Crippen molar-refractivity contribution in [1.82, 2.24) is 10.2 Å². The number of carbonyl (C=O) groups is 3. The number of imide groups is 1. The molecule has 3 amide bonds. The Balaban J connectivity index is 1.53. The van der Waals surface area contributed by atoms with Crippen LogP contribution in [0.4, 0.5) is 4.79 Å². The van der Waals surface area contributed by atoms with Gasteiger partial charge in [0.1, 0.15) is 5.75 Å². The second-order valence-corrected chi connectivity index (χ2v) is 7.11. The van der Waals surface area contributed by atoms with Gasteiger partial charge < -0.3 is 10.1 Å². The predicted octanol–water partition coefficient (Wildman–Crippen LogP) is 3.09. The van der Waals surface area contributed by atoms with Gasteiger partial charge in [-0.15, -0.1) is 0 Å². The number of hydrogen-bond acceptors (Lipinski definition) is 5. The van der Waals surface area contributed by atoms with Crippen molar-refractivity contribution in [3.8, 4) is 5.75 Å². The van der Waals surface area contributed by atoms with Crippen LogP contribution in [-0.4, -0.2) is 42.2 Å². The first kappa shape index (κ1) is 19.7. The summed E-state index contributed by atoms with van der Waals surface area (Å²) in [7, 11) is 1.58. The molecule has 0 spiro atoms. The van der Waals surface area contributed by atoms with E-state index >= 15 is 0 Å². The van der Waals surface area contributed by atoms with Gasteiger partial charge in [-0.25, -0.2) is 0 Å². The maximum atomic E-state index is 12.5. The van der Waals surface area contributed by atoms with Crippen LogP contribution >= 0.6 is 11.8 Å². The Hall–Kier alpha value is -3.06. The van der Waals surface area contributed by atoms with Crippen molar-refractivity contribution in [3.63, 3.8) is 0 Å². The van der Waals surface area contributed by atoms with Crippen molar-refractivity contribution in [2.45, 2.75) is 6.42 Å². The molecule has 7 heteroatoms. The first-order valence-corrected chi connectivity index (χ1v) is 9.58. The molecular weight excluding hydrogens is 376 g/mol. The van der Waals surface area contributed by atoms with E-state index in [9.17, 15) is 14.4 Å². The number of nitrogens with zero attached hydrogens (tertiary/aromatic N) is 1. The normalized spacial score (nSPS) is 15.2. The van der Waals surface area contributed by atoms with Crippen molar-refractivity contribution in [1.29, 1.82) is 0 Å². The van der Waals surface area contributed by atoms with Crippen molar-refractivity contribution in [2.24, 2.45) is 0 Å². The standard InChI is InChI=1S/C21H20N2O4S/c1-27-17-9-7-16(8-10-17)13-18-20(25)23(21(26)28-18)12-11-22-19(24)14-15-5-3-2-4-6-15/h2-10,13H,11-12,14H2,1H3,(H,22,24)/b18-13-. The predicted molar refractivity (Wildman–Crippen MR) is 109 cm³/mol. The molecule has 1 aliphatic heterocycles. The molecule has 0 radical (unpaired) electrons. The average molecular weight is 396 g/mol. The number of thioether (sulfide) groups is 1. The van der Waals surface area contributed by atoms with Crippen LogP contribution in [0.25, 0.3) is 6.08 Å². The molecule has 6 nitrogen and oxygen atoms in total. The smallest absolute Gasteiger partial charge is 0.293 e. The minimum atomic E-state index is -0.344. The Bertz CT molecular complexity index is 894.